The summed E-state index contributed by atoms with van der Waals surface area (Å²) in [6, 6.07) is 6.23. The Kier molecular flexibility index (Phi) is 6.98. The number of carbonyl (C=O) groups is 1. The molecule has 6 nitrogen and oxygen atoms in total. The zero-order valence-corrected chi connectivity index (χ0v) is 16.0. The van der Waals surface area contributed by atoms with Gasteiger partial charge >= 0.3 is 0 Å². The Labute approximate surface area is 150 Å². The highest BCUT2D eigenvalue weighted by atomic mass is 32.2. The van der Waals surface area contributed by atoms with E-state index in [-0.39, 0.29) is 10.8 Å². The van der Waals surface area contributed by atoms with Crippen molar-refractivity contribution in [2.75, 3.05) is 37.8 Å². The van der Waals surface area contributed by atoms with Crippen LogP contribution in [-0.2, 0) is 19.4 Å². The maximum Gasteiger partial charge on any atom is 0.238 e. The number of likely N-dealkylation sites (tertiary alicyclic amines) is 1. The minimum Gasteiger partial charge on any atom is -0.378 e. The van der Waals surface area contributed by atoms with Crippen molar-refractivity contribution in [2.45, 2.75) is 37.7 Å². The molecule has 25 heavy (non-hydrogen) atoms. The van der Waals surface area contributed by atoms with Gasteiger partial charge in [0.1, 0.15) is 0 Å². The van der Waals surface area contributed by atoms with E-state index in [1.54, 1.807) is 12.1 Å². The van der Waals surface area contributed by atoms with E-state index in [0.717, 1.165) is 38.8 Å². The molecule has 0 unspecified atom stereocenters. The van der Waals surface area contributed by atoms with E-state index in [1.807, 2.05) is 0 Å². The van der Waals surface area contributed by atoms with Crippen LogP contribution in [0.25, 0.3) is 0 Å². The molecule has 1 saturated heterocycles. The summed E-state index contributed by atoms with van der Waals surface area (Å²) in [5.41, 5.74) is 0.604. The molecule has 1 aromatic rings. The van der Waals surface area contributed by atoms with Gasteiger partial charge in [-0.2, -0.15) is 0 Å². The van der Waals surface area contributed by atoms with E-state index >= 15 is 0 Å². The molecule has 1 aliphatic heterocycles. The molecule has 0 atom stereocenters. The second-order valence-electron chi connectivity index (χ2n) is 7.05. The summed E-state index contributed by atoms with van der Waals surface area (Å²) in [5, 5.41) is 2.81. The number of carbonyl (C=O) groups excluding carboxylic acids is 1. The van der Waals surface area contributed by atoms with Crippen LogP contribution >= 0.6 is 0 Å². The maximum absolute atomic E-state index is 12.2. The van der Waals surface area contributed by atoms with Gasteiger partial charge in [-0.1, -0.05) is 13.8 Å². The number of piperidine rings is 1. The molecule has 1 aromatic carbocycles. The molecule has 0 radical (unpaired) electrons. The normalized spacial score (nSPS) is 17.0. The molecule has 1 heterocycles. The first-order valence-electron chi connectivity index (χ1n) is 8.68. The van der Waals surface area contributed by atoms with Gasteiger partial charge in [-0.05, 0) is 43.0 Å². The van der Waals surface area contributed by atoms with Crippen molar-refractivity contribution in [3.8, 4) is 0 Å². The lowest BCUT2D eigenvalue weighted by Gasteiger charge is -2.31. The first kappa shape index (κ1) is 19.9. The van der Waals surface area contributed by atoms with Crippen molar-refractivity contribution in [3.63, 3.8) is 0 Å². The number of nitrogens with zero attached hydrogens (tertiary/aromatic N) is 1. The Morgan fingerprint density at radius 2 is 1.84 bits per heavy atom. The third kappa shape index (κ3) is 6.76. The number of ether oxygens (including phenoxy) is 1. The highest BCUT2D eigenvalue weighted by molar-refractivity contribution is 7.90. The van der Waals surface area contributed by atoms with Crippen LogP contribution in [0.1, 0.15) is 26.7 Å². The molecule has 140 valence electrons. The van der Waals surface area contributed by atoms with Crippen LogP contribution in [0, 0.1) is 5.92 Å². The predicted octanol–water partition coefficient (Wildman–Crippen LogP) is 2.17. The van der Waals surface area contributed by atoms with Crippen molar-refractivity contribution in [2.24, 2.45) is 5.92 Å². The van der Waals surface area contributed by atoms with Gasteiger partial charge in [0.05, 0.1) is 17.5 Å². The largest absolute Gasteiger partial charge is 0.378 e. The van der Waals surface area contributed by atoms with Gasteiger partial charge in [0.15, 0.2) is 9.84 Å². The summed E-state index contributed by atoms with van der Waals surface area (Å²) >= 11 is 0. The molecule has 0 saturated carbocycles. The fraction of sp³-hybridized carbons (Fsp3) is 0.611. The van der Waals surface area contributed by atoms with Crippen molar-refractivity contribution < 1.29 is 17.9 Å². The first-order chi connectivity index (χ1) is 11.7. The average Bonchev–Trinajstić information content (AvgIpc) is 2.53. The van der Waals surface area contributed by atoms with Crippen LogP contribution in [0.5, 0.6) is 0 Å². The van der Waals surface area contributed by atoms with Crippen LogP contribution < -0.4 is 5.32 Å². The van der Waals surface area contributed by atoms with Crippen LogP contribution in [0.2, 0.25) is 0 Å². The minimum atomic E-state index is -3.22. The molecule has 0 aliphatic carbocycles. The van der Waals surface area contributed by atoms with Crippen molar-refractivity contribution >= 4 is 21.4 Å². The number of rotatable bonds is 7. The van der Waals surface area contributed by atoms with Gasteiger partial charge in [-0.15, -0.1) is 0 Å². The number of sulfone groups is 1. The highest BCUT2D eigenvalue weighted by Crippen LogP contribution is 2.16. The van der Waals surface area contributed by atoms with Gasteiger partial charge in [0.2, 0.25) is 5.91 Å². The Morgan fingerprint density at radius 3 is 2.36 bits per heavy atom. The molecule has 7 heteroatoms. The van der Waals surface area contributed by atoms with Crippen LogP contribution in [0.15, 0.2) is 29.2 Å². The number of anilines is 1. The molecular weight excluding hydrogens is 340 g/mol. The van der Waals surface area contributed by atoms with Gasteiger partial charge in [-0.3, -0.25) is 9.69 Å². The quantitative estimate of drug-likeness (QED) is 0.798. The van der Waals surface area contributed by atoms with E-state index in [9.17, 15) is 13.2 Å². The third-order valence-electron chi connectivity index (χ3n) is 4.13. The van der Waals surface area contributed by atoms with Crippen LogP contribution in [0.4, 0.5) is 5.69 Å². The summed E-state index contributed by atoms with van der Waals surface area (Å²) < 4.78 is 28.7. The predicted molar refractivity (Wildman–Crippen MR) is 98.4 cm³/mol. The van der Waals surface area contributed by atoms with E-state index < -0.39 is 9.84 Å². The van der Waals surface area contributed by atoms with Crippen molar-refractivity contribution in [1.82, 2.24) is 4.90 Å². The number of hydrogen-bond acceptors (Lipinski definition) is 5. The molecule has 1 aliphatic rings. The second-order valence-corrected chi connectivity index (χ2v) is 9.06. The third-order valence-corrected chi connectivity index (χ3v) is 5.26. The SMILES string of the molecule is CC(C)COC1CCN(CC(=O)Nc2ccc(S(C)(=O)=O)cc2)CC1. The van der Waals surface area contributed by atoms with Crippen LogP contribution in [-0.4, -0.2) is 57.8 Å². The molecule has 1 N–H and O–H groups in total. The van der Waals surface area contributed by atoms with E-state index in [1.165, 1.54) is 12.1 Å². The lowest BCUT2D eigenvalue weighted by molar-refractivity contribution is -0.118. The number of hydrogen-bond donors (Lipinski definition) is 1. The fourth-order valence-electron chi connectivity index (χ4n) is 2.75. The van der Waals surface area contributed by atoms with Crippen molar-refractivity contribution in [3.05, 3.63) is 24.3 Å². The average molecular weight is 368 g/mol. The summed E-state index contributed by atoms with van der Waals surface area (Å²) in [5.74, 6) is 0.451. The van der Waals surface area contributed by atoms with Gasteiger partial charge in [0, 0.05) is 31.6 Å². The first-order valence-corrected chi connectivity index (χ1v) is 10.6. The van der Waals surface area contributed by atoms with Gasteiger partial charge in [-0.25, -0.2) is 8.42 Å². The smallest absolute Gasteiger partial charge is 0.238 e. The number of nitrogens with one attached hydrogen (secondary N) is 1. The zero-order valence-electron chi connectivity index (χ0n) is 15.2. The summed E-state index contributed by atoms with van der Waals surface area (Å²) in [7, 11) is -3.22. The molecule has 0 spiro atoms. The molecule has 2 rings (SSSR count). The molecule has 1 fully saturated rings. The fourth-order valence-corrected chi connectivity index (χ4v) is 3.38. The van der Waals surface area contributed by atoms with Gasteiger partial charge < -0.3 is 10.1 Å². The summed E-state index contributed by atoms with van der Waals surface area (Å²) in [6.45, 7) is 7.11. The second kappa shape index (κ2) is 8.78. The molecule has 1 amide bonds. The topological polar surface area (TPSA) is 75.7 Å². The van der Waals surface area contributed by atoms with Crippen molar-refractivity contribution in [1.29, 1.82) is 0 Å². The molecular formula is C18H28N2O4S. The minimum absolute atomic E-state index is 0.0892. The Morgan fingerprint density at radius 1 is 1.24 bits per heavy atom. The Balaban J connectivity index is 1.76. The lowest BCUT2D eigenvalue weighted by atomic mass is 10.1. The van der Waals surface area contributed by atoms with E-state index in [4.69, 9.17) is 4.74 Å². The van der Waals surface area contributed by atoms with Crippen LogP contribution in [0.3, 0.4) is 0 Å². The Bertz CT molecular complexity index is 663. The summed E-state index contributed by atoms with van der Waals surface area (Å²) in [6.07, 6.45) is 3.35. The monoisotopic (exact) mass is 368 g/mol. The Hall–Kier alpha value is -1.44. The van der Waals surface area contributed by atoms with E-state index in [2.05, 4.69) is 24.1 Å². The number of benzene rings is 1. The molecule has 0 aromatic heterocycles. The summed E-state index contributed by atoms with van der Waals surface area (Å²) in [4.78, 5) is 14.5. The standard InChI is InChI=1S/C18H28N2O4S/c1-14(2)13-24-16-8-10-20(11-9-16)12-18(21)19-15-4-6-17(7-5-15)25(3,22)23/h4-7,14,16H,8-13H2,1-3H3,(H,19,21). The lowest BCUT2D eigenvalue weighted by Crippen LogP contribution is -2.41. The maximum atomic E-state index is 12.2. The highest BCUT2D eigenvalue weighted by Gasteiger charge is 2.21. The van der Waals surface area contributed by atoms with E-state index in [0.29, 0.717) is 24.3 Å². The molecule has 0 bridgehead atoms. The number of amides is 1. The van der Waals surface area contributed by atoms with Gasteiger partial charge in [0.25, 0.3) is 0 Å². The zero-order chi connectivity index (χ0) is 18.4.